The minimum atomic E-state index is 0.642. The molecule has 2 atom stereocenters. The summed E-state index contributed by atoms with van der Waals surface area (Å²) >= 11 is 3.60. The molecule has 0 aromatic heterocycles. The molecule has 2 saturated heterocycles. The first-order valence-electron chi connectivity index (χ1n) is 7.52. The molecular weight excluding hydrogens is 316 g/mol. The van der Waals surface area contributed by atoms with E-state index in [1.165, 1.54) is 37.8 Å². The van der Waals surface area contributed by atoms with Gasteiger partial charge in [-0.25, -0.2) is 0 Å². The van der Waals surface area contributed by atoms with Gasteiger partial charge in [-0.15, -0.1) is 0 Å². The summed E-state index contributed by atoms with van der Waals surface area (Å²) in [6.07, 6.45) is 6.43. The van der Waals surface area contributed by atoms with Crippen molar-refractivity contribution in [3.8, 4) is 5.75 Å². The fourth-order valence-corrected chi connectivity index (χ4v) is 4.22. The predicted octanol–water partition coefficient (Wildman–Crippen LogP) is 3.57. The molecule has 2 aliphatic heterocycles. The van der Waals surface area contributed by atoms with Gasteiger partial charge in [-0.1, -0.05) is 15.9 Å². The fraction of sp³-hybridized carbons (Fsp3) is 0.625. The van der Waals surface area contributed by atoms with Gasteiger partial charge in [0, 0.05) is 22.6 Å². The van der Waals surface area contributed by atoms with Crippen LogP contribution in [0.15, 0.2) is 22.7 Å². The molecule has 110 valence electrons. The Kier molecular flexibility index (Phi) is 4.22. The molecular formula is C16H23BrN2O. The molecule has 2 aliphatic rings. The summed E-state index contributed by atoms with van der Waals surface area (Å²) in [4.78, 5) is 2.63. The predicted molar refractivity (Wildman–Crippen MR) is 86.7 cm³/mol. The van der Waals surface area contributed by atoms with Crippen LogP contribution in [0.3, 0.4) is 0 Å². The maximum Gasteiger partial charge on any atom is 0.142 e. The summed E-state index contributed by atoms with van der Waals surface area (Å²) in [5.41, 5.74) is 1.26. The topological polar surface area (TPSA) is 24.5 Å². The number of hydrogen-bond donors (Lipinski definition) is 1. The van der Waals surface area contributed by atoms with Gasteiger partial charge in [0.05, 0.1) is 12.8 Å². The zero-order valence-corrected chi connectivity index (χ0v) is 13.8. The Bertz CT molecular complexity index is 466. The number of rotatable bonds is 3. The highest BCUT2D eigenvalue weighted by Gasteiger charge is 2.38. The van der Waals surface area contributed by atoms with Crippen molar-refractivity contribution in [2.24, 2.45) is 0 Å². The number of piperidine rings is 2. The first-order chi connectivity index (χ1) is 9.72. The average molecular weight is 339 g/mol. The van der Waals surface area contributed by atoms with E-state index in [1.807, 2.05) is 0 Å². The lowest BCUT2D eigenvalue weighted by Crippen LogP contribution is -2.56. The second kappa shape index (κ2) is 5.94. The first kappa shape index (κ1) is 14.2. The molecule has 0 amide bonds. The van der Waals surface area contributed by atoms with Crippen LogP contribution in [-0.2, 0) is 0 Å². The van der Waals surface area contributed by atoms with Gasteiger partial charge in [0.15, 0.2) is 0 Å². The van der Waals surface area contributed by atoms with E-state index >= 15 is 0 Å². The Hall–Kier alpha value is -0.740. The van der Waals surface area contributed by atoms with E-state index in [9.17, 15) is 0 Å². The van der Waals surface area contributed by atoms with E-state index in [0.717, 1.165) is 10.2 Å². The molecule has 2 unspecified atom stereocenters. The highest BCUT2D eigenvalue weighted by molar-refractivity contribution is 9.10. The van der Waals surface area contributed by atoms with Gasteiger partial charge in [0.2, 0.25) is 0 Å². The van der Waals surface area contributed by atoms with Crippen LogP contribution >= 0.6 is 15.9 Å². The number of anilines is 1. The highest BCUT2D eigenvalue weighted by Crippen LogP contribution is 2.42. The van der Waals surface area contributed by atoms with Crippen molar-refractivity contribution in [2.75, 3.05) is 19.1 Å². The molecule has 2 heterocycles. The Morgan fingerprint density at radius 1 is 1.25 bits per heavy atom. The van der Waals surface area contributed by atoms with Gasteiger partial charge in [0.1, 0.15) is 5.75 Å². The van der Waals surface area contributed by atoms with Gasteiger partial charge in [0.25, 0.3) is 0 Å². The molecule has 0 saturated carbocycles. The Morgan fingerprint density at radius 2 is 1.95 bits per heavy atom. The van der Waals surface area contributed by atoms with Crippen molar-refractivity contribution in [3.05, 3.63) is 22.7 Å². The van der Waals surface area contributed by atoms with Crippen LogP contribution < -0.4 is 15.0 Å². The summed E-state index contributed by atoms with van der Waals surface area (Å²) in [7, 11) is 3.86. The van der Waals surface area contributed by atoms with E-state index in [1.54, 1.807) is 7.11 Å². The van der Waals surface area contributed by atoms with Gasteiger partial charge in [-0.05, 0) is 57.4 Å². The third-order valence-electron chi connectivity index (χ3n) is 4.80. The standard InChI is InChI=1S/C16H23BrN2O/c1-18-12-9-13-4-3-5-14(10-12)19(13)15-8-11(17)6-7-16(15)20-2/h6-8,12-14,18H,3-5,9-10H2,1-2H3. The number of methoxy groups -OCH3 is 1. The van der Waals surface area contributed by atoms with Crippen molar-refractivity contribution in [2.45, 2.75) is 50.2 Å². The van der Waals surface area contributed by atoms with Crippen LogP contribution in [0.2, 0.25) is 0 Å². The maximum atomic E-state index is 5.59. The lowest BCUT2D eigenvalue weighted by atomic mass is 9.81. The third-order valence-corrected chi connectivity index (χ3v) is 5.30. The van der Waals surface area contributed by atoms with Gasteiger partial charge >= 0.3 is 0 Å². The Labute approximate surface area is 129 Å². The van der Waals surface area contributed by atoms with Crippen LogP contribution in [0, 0.1) is 0 Å². The number of benzene rings is 1. The Morgan fingerprint density at radius 3 is 2.55 bits per heavy atom. The first-order valence-corrected chi connectivity index (χ1v) is 8.31. The van der Waals surface area contributed by atoms with Crippen molar-refractivity contribution >= 4 is 21.6 Å². The summed E-state index contributed by atoms with van der Waals surface area (Å²) in [6, 6.07) is 8.28. The van der Waals surface area contributed by atoms with E-state index in [-0.39, 0.29) is 0 Å². The molecule has 20 heavy (non-hydrogen) atoms. The zero-order chi connectivity index (χ0) is 14.1. The molecule has 0 radical (unpaired) electrons. The summed E-state index contributed by atoms with van der Waals surface area (Å²) in [5, 5.41) is 3.48. The van der Waals surface area contributed by atoms with Crippen molar-refractivity contribution in [1.82, 2.24) is 5.32 Å². The monoisotopic (exact) mass is 338 g/mol. The molecule has 0 spiro atoms. The van der Waals surface area contributed by atoms with Crippen LogP contribution in [0.25, 0.3) is 0 Å². The quantitative estimate of drug-likeness (QED) is 0.911. The number of fused-ring (bicyclic) bond motifs is 2. The van der Waals surface area contributed by atoms with E-state index in [4.69, 9.17) is 4.74 Å². The molecule has 1 aromatic rings. The summed E-state index contributed by atoms with van der Waals surface area (Å²) in [5.74, 6) is 0.994. The molecule has 3 rings (SSSR count). The number of ether oxygens (including phenoxy) is 1. The Balaban J connectivity index is 1.95. The lowest BCUT2D eigenvalue weighted by Gasteiger charge is -2.50. The third kappa shape index (κ3) is 2.56. The second-order valence-corrected chi connectivity index (χ2v) is 6.83. The van der Waals surface area contributed by atoms with Crippen LogP contribution in [0.4, 0.5) is 5.69 Å². The normalized spacial score (nSPS) is 29.4. The number of hydrogen-bond acceptors (Lipinski definition) is 3. The van der Waals surface area contributed by atoms with Crippen molar-refractivity contribution in [3.63, 3.8) is 0 Å². The van der Waals surface area contributed by atoms with Crippen molar-refractivity contribution < 1.29 is 4.74 Å². The van der Waals surface area contributed by atoms with E-state index in [2.05, 4.69) is 51.4 Å². The molecule has 2 bridgehead atoms. The molecule has 4 heteroatoms. The summed E-state index contributed by atoms with van der Waals surface area (Å²) < 4.78 is 6.72. The summed E-state index contributed by atoms with van der Waals surface area (Å²) in [6.45, 7) is 0. The molecule has 1 N–H and O–H groups in total. The van der Waals surface area contributed by atoms with Crippen LogP contribution in [0.1, 0.15) is 32.1 Å². The molecule has 2 fully saturated rings. The maximum absolute atomic E-state index is 5.59. The largest absolute Gasteiger partial charge is 0.495 e. The van der Waals surface area contributed by atoms with Gasteiger partial charge < -0.3 is 15.0 Å². The second-order valence-electron chi connectivity index (χ2n) is 5.92. The fourth-order valence-electron chi connectivity index (χ4n) is 3.88. The molecule has 0 aliphatic carbocycles. The van der Waals surface area contributed by atoms with Crippen LogP contribution in [0.5, 0.6) is 5.75 Å². The number of halogens is 1. The van der Waals surface area contributed by atoms with E-state index in [0.29, 0.717) is 18.1 Å². The highest BCUT2D eigenvalue weighted by atomic mass is 79.9. The molecule has 1 aromatic carbocycles. The number of nitrogens with one attached hydrogen (secondary N) is 1. The average Bonchev–Trinajstić information content (AvgIpc) is 2.45. The van der Waals surface area contributed by atoms with Crippen LogP contribution in [-0.4, -0.2) is 32.3 Å². The van der Waals surface area contributed by atoms with E-state index < -0.39 is 0 Å². The smallest absolute Gasteiger partial charge is 0.142 e. The van der Waals surface area contributed by atoms with Gasteiger partial charge in [-0.3, -0.25) is 0 Å². The minimum Gasteiger partial charge on any atom is -0.495 e. The molecule has 3 nitrogen and oxygen atoms in total. The SMILES string of the molecule is CNC1CC2CCCC(C1)N2c1cc(Br)ccc1OC. The lowest BCUT2D eigenvalue weighted by molar-refractivity contribution is 0.250. The minimum absolute atomic E-state index is 0.642. The zero-order valence-electron chi connectivity index (χ0n) is 12.2. The number of nitrogens with zero attached hydrogens (tertiary/aromatic N) is 1. The van der Waals surface area contributed by atoms with Crippen molar-refractivity contribution in [1.29, 1.82) is 0 Å². The van der Waals surface area contributed by atoms with Gasteiger partial charge in [-0.2, -0.15) is 0 Å².